The van der Waals surface area contributed by atoms with E-state index in [1.807, 2.05) is 36.4 Å². The largest absolute Gasteiger partial charge is 0.441 e. The van der Waals surface area contributed by atoms with Gasteiger partial charge in [-0.1, -0.05) is 30.3 Å². The highest BCUT2D eigenvalue weighted by molar-refractivity contribution is 6.04. The maximum Gasteiger partial charge on any atom is 0.258 e. The molecule has 0 unspecified atom stereocenters. The molecule has 4 aromatic rings. The van der Waals surface area contributed by atoms with Crippen LogP contribution >= 0.6 is 0 Å². The second kappa shape index (κ2) is 6.24. The van der Waals surface area contributed by atoms with Crippen LogP contribution in [-0.4, -0.2) is 20.7 Å². The van der Waals surface area contributed by atoms with Gasteiger partial charge in [0.2, 0.25) is 0 Å². The molecule has 124 valence electrons. The van der Waals surface area contributed by atoms with Crippen molar-refractivity contribution in [2.24, 2.45) is 0 Å². The van der Waals surface area contributed by atoms with E-state index in [1.54, 1.807) is 36.1 Å². The molecule has 0 spiro atoms. The summed E-state index contributed by atoms with van der Waals surface area (Å²) in [5, 5.41) is 7.11. The van der Waals surface area contributed by atoms with Crippen molar-refractivity contribution in [1.29, 1.82) is 0 Å². The van der Waals surface area contributed by atoms with Crippen LogP contribution in [0.4, 0.5) is 5.69 Å². The Labute approximate surface area is 144 Å². The quantitative estimate of drug-likeness (QED) is 0.619. The first kappa shape index (κ1) is 15.1. The van der Waals surface area contributed by atoms with Crippen molar-refractivity contribution in [3.8, 4) is 0 Å². The lowest BCUT2D eigenvalue weighted by Crippen LogP contribution is -2.11. The molecule has 0 atom stereocenters. The minimum absolute atomic E-state index is 0.213. The molecule has 2 aromatic carbocycles. The maximum absolute atomic E-state index is 12.4. The average molecular weight is 332 g/mol. The minimum Gasteiger partial charge on any atom is -0.441 e. The molecule has 2 heterocycles. The summed E-state index contributed by atoms with van der Waals surface area (Å²) in [4.78, 5) is 16.7. The topological polar surface area (TPSA) is 73.0 Å². The summed E-state index contributed by atoms with van der Waals surface area (Å²) in [6.07, 6.45) is 3.30. The summed E-state index contributed by atoms with van der Waals surface area (Å²) < 4.78 is 7.23. The highest BCUT2D eigenvalue weighted by Crippen LogP contribution is 2.20. The zero-order valence-corrected chi connectivity index (χ0v) is 13.6. The smallest absolute Gasteiger partial charge is 0.258 e. The molecule has 0 saturated heterocycles. The molecule has 1 N–H and O–H groups in total. The predicted molar refractivity (Wildman–Crippen MR) is 94.5 cm³/mol. The van der Waals surface area contributed by atoms with Crippen LogP contribution in [0.2, 0.25) is 0 Å². The normalized spacial score (nSPS) is 10.9. The van der Waals surface area contributed by atoms with Gasteiger partial charge in [0, 0.05) is 24.9 Å². The Kier molecular flexibility index (Phi) is 3.78. The fourth-order valence-corrected chi connectivity index (χ4v) is 2.66. The predicted octanol–water partition coefficient (Wildman–Crippen LogP) is 3.63. The molecular weight excluding hydrogens is 316 g/mol. The SMILES string of the molecule is Cc1nc2ccc(NC(=O)c3cnn(Cc4ccccc4)c3)cc2o1. The molecule has 2 aromatic heterocycles. The van der Waals surface area contributed by atoms with E-state index in [2.05, 4.69) is 15.4 Å². The van der Waals surface area contributed by atoms with Crippen molar-refractivity contribution in [3.05, 3.63) is 77.9 Å². The Bertz CT molecular complexity index is 1030. The summed E-state index contributed by atoms with van der Waals surface area (Å²) in [7, 11) is 0. The van der Waals surface area contributed by atoms with Crippen molar-refractivity contribution in [3.63, 3.8) is 0 Å². The number of benzene rings is 2. The van der Waals surface area contributed by atoms with Gasteiger partial charge in [-0.2, -0.15) is 5.10 Å². The monoisotopic (exact) mass is 332 g/mol. The number of oxazole rings is 1. The van der Waals surface area contributed by atoms with Gasteiger partial charge in [-0.05, 0) is 17.7 Å². The van der Waals surface area contributed by atoms with Gasteiger partial charge in [0.25, 0.3) is 5.91 Å². The third-order valence-electron chi connectivity index (χ3n) is 3.84. The first-order valence-corrected chi connectivity index (χ1v) is 7.92. The van der Waals surface area contributed by atoms with Gasteiger partial charge in [0.15, 0.2) is 11.5 Å². The molecule has 6 heteroatoms. The van der Waals surface area contributed by atoms with Crippen LogP contribution < -0.4 is 5.32 Å². The Morgan fingerprint density at radius 2 is 2.04 bits per heavy atom. The molecule has 0 bridgehead atoms. The average Bonchev–Trinajstić information content (AvgIpc) is 3.21. The van der Waals surface area contributed by atoms with Gasteiger partial charge in [-0.25, -0.2) is 4.98 Å². The Hall–Kier alpha value is -3.41. The fraction of sp³-hybridized carbons (Fsp3) is 0.105. The lowest BCUT2D eigenvalue weighted by molar-refractivity contribution is 0.102. The van der Waals surface area contributed by atoms with Gasteiger partial charge in [0.1, 0.15) is 5.52 Å². The summed E-state index contributed by atoms with van der Waals surface area (Å²) in [5.74, 6) is 0.385. The van der Waals surface area contributed by atoms with E-state index in [-0.39, 0.29) is 5.91 Å². The molecule has 1 amide bonds. The van der Waals surface area contributed by atoms with E-state index < -0.39 is 0 Å². The zero-order chi connectivity index (χ0) is 17.2. The van der Waals surface area contributed by atoms with Gasteiger partial charge in [-0.3, -0.25) is 9.48 Å². The van der Waals surface area contributed by atoms with Gasteiger partial charge >= 0.3 is 0 Å². The summed E-state index contributed by atoms with van der Waals surface area (Å²) in [6.45, 7) is 2.41. The maximum atomic E-state index is 12.4. The third-order valence-corrected chi connectivity index (χ3v) is 3.84. The molecule has 0 saturated carbocycles. The van der Waals surface area contributed by atoms with E-state index >= 15 is 0 Å². The number of nitrogens with zero attached hydrogens (tertiary/aromatic N) is 3. The molecule has 6 nitrogen and oxygen atoms in total. The highest BCUT2D eigenvalue weighted by Gasteiger charge is 2.11. The summed E-state index contributed by atoms with van der Waals surface area (Å²) in [6, 6.07) is 15.4. The molecule has 25 heavy (non-hydrogen) atoms. The lowest BCUT2D eigenvalue weighted by atomic mass is 10.2. The van der Waals surface area contributed by atoms with Gasteiger partial charge < -0.3 is 9.73 Å². The first-order chi connectivity index (χ1) is 12.2. The number of carbonyl (C=O) groups excluding carboxylic acids is 1. The van der Waals surface area contributed by atoms with Crippen LogP contribution in [0.3, 0.4) is 0 Å². The number of aromatic nitrogens is 3. The summed E-state index contributed by atoms with van der Waals surface area (Å²) >= 11 is 0. The standard InChI is InChI=1S/C19H16N4O2/c1-13-21-17-8-7-16(9-18(17)25-13)22-19(24)15-10-20-23(12-15)11-14-5-3-2-4-6-14/h2-10,12H,11H2,1H3,(H,22,24). The first-order valence-electron chi connectivity index (χ1n) is 7.92. The Morgan fingerprint density at radius 3 is 2.88 bits per heavy atom. The van der Waals surface area contributed by atoms with Crippen LogP contribution in [-0.2, 0) is 6.54 Å². The van der Waals surface area contributed by atoms with Crippen molar-refractivity contribution in [1.82, 2.24) is 14.8 Å². The van der Waals surface area contributed by atoms with Crippen LogP contribution in [0.25, 0.3) is 11.1 Å². The van der Waals surface area contributed by atoms with Crippen LogP contribution in [0.1, 0.15) is 21.8 Å². The van der Waals surface area contributed by atoms with Crippen LogP contribution in [0.15, 0.2) is 65.3 Å². The number of hydrogen-bond donors (Lipinski definition) is 1. The van der Waals surface area contributed by atoms with Crippen LogP contribution in [0, 0.1) is 6.92 Å². The molecule has 0 radical (unpaired) electrons. The van der Waals surface area contributed by atoms with Gasteiger partial charge in [0.05, 0.1) is 18.3 Å². The number of rotatable bonds is 4. The number of nitrogens with one attached hydrogen (secondary N) is 1. The highest BCUT2D eigenvalue weighted by atomic mass is 16.3. The van der Waals surface area contributed by atoms with E-state index in [1.165, 1.54) is 0 Å². The number of carbonyl (C=O) groups is 1. The van der Waals surface area contributed by atoms with Crippen LogP contribution in [0.5, 0.6) is 0 Å². The second-order valence-corrected chi connectivity index (χ2v) is 5.78. The van der Waals surface area contributed by atoms with Crippen molar-refractivity contribution >= 4 is 22.7 Å². The van der Waals surface area contributed by atoms with Gasteiger partial charge in [-0.15, -0.1) is 0 Å². The lowest BCUT2D eigenvalue weighted by Gasteiger charge is -2.03. The van der Waals surface area contributed by atoms with Crippen molar-refractivity contribution in [2.45, 2.75) is 13.5 Å². The van der Waals surface area contributed by atoms with E-state index in [4.69, 9.17) is 4.42 Å². The molecule has 0 fully saturated rings. The van der Waals surface area contributed by atoms with E-state index in [0.29, 0.717) is 29.3 Å². The molecule has 0 aliphatic rings. The van der Waals surface area contributed by atoms with Crippen molar-refractivity contribution < 1.29 is 9.21 Å². The minimum atomic E-state index is -0.213. The third kappa shape index (κ3) is 3.28. The molecule has 0 aliphatic heterocycles. The number of hydrogen-bond acceptors (Lipinski definition) is 4. The van der Waals surface area contributed by atoms with Crippen molar-refractivity contribution in [2.75, 3.05) is 5.32 Å². The second-order valence-electron chi connectivity index (χ2n) is 5.78. The molecule has 4 rings (SSSR count). The van der Waals surface area contributed by atoms with E-state index in [0.717, 1.165) is 11.1 Å². The number of anilines is 1. The number of aryl methyl sites for hydroxylation is 1. The summed E-state index contributed by atoms with van der Waals surface area (Å²) in [5.41, 5.74) is 3.71. The number of amides is 1. The molecular formula is C19H16N4O2. The molecule has 0 aliphatic carbocycles. The zero-order valence-electron chi connectivity index (χ0n) is 13.6. The number of fused-ring (bicyclic) bond motifs is 1. The Morgan fingerprint density at radius 1 is 1.20 bits per heavy atom. The van der Waals surface area contributed by atoms with E-state index in [9.17, 15) is 4.79 Å². The fourth-order valence-electron chi connectivity index (χ4n) is 2.66. The Balaban J connectivity index is 1.48.